The van der Waals surface area contributed by atoms with E-state index in [4.69, 9.17) is 5.73 Å². The zero-order chi connectivity index (χ0) is 26.9. The molecule has 8 nitrogen and oxygen atoms in total. The fraction of sp³-hybridized carbons (Fsp3) is 0.414. The molecular formula is C29H34N6O2S. The van der Waals surface area contributed by atoms with Gasteiger partial charge in [-0.05, 0) is 80.7 Å². The molecule has 2 aliphatic carbocycles. The van der Waals surface area contributed by atoms with E-state index in [0.29, 0.717) is 23.9 Å². The van der Waals surface area contributed by atoms with Crippen LogP contribution in [0, 0.1) is 13.8 Å². The molecule has 9 heteroatoms. The lowest BCUT2D eigenvalue weighted by atomic mass is 9.91. The number of thiazole rings is 1. The van der Waals surface area contributed by atoms with Gasteiger partial charge in [0.05, 0.1) is 35.1 Å². The number of nitrogens with one attached hydrogen (secondary N) is 1. The molecule has 4 aromatic rings. The van der Waals surface area contributed by atoms with Gasteiger partial charge in [-0.15, -0.1) is 11.3 Å². The van der Waals surface area contributed by atoms with Crippen molar-refractivity contribution in [1.82, 2.24) is 25.1 Å². The molecule has 1 fully saturated rings. The smallest absolute Gasteiger partial charge is 0.272 e. The highest BCUT2D eigenvalue weighted by Gasteiger charge is 2.39. The molecule has 38 heavy (non-hydrogen) atoms. The summed E-state index contributed by atoms with van der Waals surface area (Å²) in [6.45, 7) is 7.24. The third-order valence-electron chi connectivity index (χ3n) is 7.85. The molecule has 3 heterocycles. The van der Waals surface area contributed by atoms with E-state index >= 15 is 0 Å². The van der Waals surface area contributed by atoms with Crippen LogP contribution in [0.15, 0.2) is 41.3 Å². The van der Waals surface area contributed by atoms with E-state index in [-0.39, 0.29) is 11.6 Å². The second-order valence-electron chi connectivity index (χ2n) is 10.5. The van der Waals surface area contributed by atoms with Gasteiger partial charge in [-0.3, -0.25) is 14.6 Å². The predicted molar refractivity (Wildman–Crippen MR) is 150 cm³/mol. The van der Waals surface area contributed by atoms with Gasteiger partial charge in [0.15, 0.2) is 0 Å². The van der Waals surface area contributed by atoms with Crippen LogP contribution in [-0.2, 0) is 29.7 Å². The molecule has 1 amide bonds. The molecule has 1 unspecified atom stereocenters. The van der Waals surface area contributed by atoms with E-state index in [0.717, 1.165) is 53.1 Å². The minimum absolute atomic E-state index is 0.0805. The number of pyridine rings is 1. The van der Waals surface area contributed by atoms with Crippen molar-refractivity contribution < 1.29 is 4.79 Å². The molecule has 198 valence electrons. The average molecular weight is 531 g/mol. The van der Waals surface area contributed by atoms with Crippen LogP contribution in [0.1, 0.15) is 76.7 Å². The second-order valence-corrected chi connectivity index (χ2v) is 11.8. The number of hydrogen-bond acceptors (Lipinski definition) is 7. The van der Waals surface area contributed by atoms with Crippen LogP contribution in [0.5, 0.6) is 0 Å². The number of hydrogen-bond donors (Lipinski definition) is 2. The Bertz CT molecular complexity index is 1500. The van der Waals surface area contributed by atoms with Crippen LogP contribution in [0.2, 0.25) is 0 Å². The normalized spacial score (nSPS) is 17.3. The maximum Gasteiger partial charge on any atom is 0.272 e. The van der Waals surface area contributed by atoms with Crippen molar-refractivity contribution in [3.05, 3.63) is 85.0 Å². The molecule has 0 radical (unpaired) electrons. The maximum absolute atomic E-state index is 11.7. The molecule has 3 N–H and O–H groups in total. The van der Waals surface area contributed by atoms with Gasteiger partial charge in [0.25, 0.3) is 5.56 Å². The van der Waals surface area contributed by atoms with E-state index in [1.807, 2.05) is 36.2 Å². The third-order valence-corrected chi connectivity index (χ3v) is 8.91. The number of nitrogens with zero attached hydrogens (tertiary/aromatic N) is 4. The molecule has 0 saturated heterocycles. The SMILES string of the molecule is CC1(c2ccc3c(=O)[nH]nc(CN)c3c2)CC1.Cc1nc(CN(C=O)C2CCCc3cccnc32)sc1C. The third kappa shape index (κ3) is 5.26. The first-order valence-electron chi connectivity index (χ1n) is 13.1. The molecule has 3 aromatic heterocycles. The number of carbonyl (C=O) groups excluding carboxylic acids is 1. The lowest BCUT2D eigenvalue weighted by Crippen LogP contribution is -2.30. The Hall–Kier alpha value is -3.43. The van der Waals surface area contributed by atoms with Crippen LogP contribution in [0.3, 0.4) is 0 Å². The van der Waals surface area contributed by atoms with Crippen LogP contribution in [0.25, 0.3) is 10.8 Å². The lowest BCUT2D eigenvalue weighted by Gasteiger charge is -2.31. The molecular weight excluding hydrogens is 496 g/mol. The van der Waals surface area contributed by atoms with Crippen LogP contribution in [-0.4, -0.2) is 31.5 Å². The highest BCUT2D eigenvalue weighted by atomic mass is 32.1. The quantitative estimate of drug-likeness (QED) is 0.351. The Balaban J connectivity index is 0.000000158. The number of carbonyl (C=O) groups is 1. The van der Waals surface area contributed by atoms with Gasteiger partial charge in [-0.25, -0.2) is 10.1 Å². The molecule has 0 aliphatic heterocycles. The first kappa shape index (κ1) is 26.2. The largest absolute Gasteiger partial charge is 0.330 e. The summed E-state index contributed by atoms with van der Waals surface area (Å²) in [7, 11) is 0. The van der Waals surface area contributed by atoms with E-state index in [2.05, 4.69) is 46.1 Å². The molecule has 6 rings (SSSR count). The first-order valence-corrected chi connectivity index (χ1v) is 13.9. The number of benzene rings is 1. The highest BCUT2D eigenvalue weighted by Crippen LogP contribution is 2.48. The summed E-state index contributed by atoms with van der Waals surface area (Å²) in [6, 6.07) is 10.2. The first-order chi connectivity index (χ1) is 18.3. The van der Waals surface area contributed by atoms with Crippen LogP contribution < -0.4 is 11.3 Å². The van der Waals surface area contributed by atoms with E-state index in [1.165, 1.54) is 28.8 Å². The van der Waals surface area contributed by atoms with Crippen molar-refractivity contribution in [2.45, 2.75) is 77.4 Å². The van der Waals surface area contributed by atoms with Crippen molar-refractivity contribution in [3.8, 4) is 0 Å². The second kappa shape index (κ2) is 10.7. The van der Waals surface area contributed by atoms with Crippen molar-refractivity contribution in [2.75, 3.05) is 0 Å². The Kier molecular flexibility index (Phi) is 7.40. The Morgan fingerprint density at radius 2 is 2.05 bits per heavy atom. The van der Waals surface area contributed by atoms with Crippen molar-refractivity contribution in [2.24, 2.45) is 5.73 Å². The lowest BCUT2D eigenvalue weighted by molar-refractivity contribution is -0.121. The topological polar surface area (TPSA) is 118 Å². The van der Waals surface area contributed by atoms with Crippen LogP contribution >= 0.6 is 11.3 Å². The zero-order valence-corrected chi connectivity index (χ0v) is 23.0. The standard InChI is InChI=1S/C16H19N3OS.C13H15N3O/c1-11-12(2)21-15(18-11)9-19(10-20)14-7-3-5-13-6-4-8-17-16(13)14;1-13(4-5-13)8-2-3-9-10(6-8)11(7-14)15-16-12(9)17/h4,6,8,10,14H,3,5,7,9H2,1-2H3;2-3,6H,4-5,7,14H2,1H3,(H,16,17). The number of rotatable bonds is 6. The van der Waals surface area contributed by atoms with Gasteiger partial charge < -0.3 is 10.6 Å². The zero-order valence-electron chi connectivity index (χ0n) is 22.2. The Morgan fingerprint density at radius 3 is 2.74 bits per heavy atom. The fourth-order valence-electron chi connectivity index (χ4n) is 5.12. The minimum atomic E-state index is -0.148. The van der Waals surface area contributed by atoms with E-state index < -0.39 is 0 Å². The summed E-state index contributed by atoms with van der Waals surface area (Å²) in [4.78, 5) is 35.4. The van der Waals surface area contributed by atoms with E-state index in [1.54, 1.807) is 11.3 Å². The minimum Gasteiger partial charge on any atom is -0.330 e. The number of aromatic nitrogens is 4. The van der Waals surface area contributed by atoms with Crippen molar-refractivity contribution in [1.29, 1.82) is 0 Å². The van der Waals surface area contributed by atoms with Gasteiger partial charge in [-0.1, -0.05) is 19.1 Å². The summed E-state index contributed by atoms with van der Waals surface area (Å²) in [5.74, 6) is 0. The molecule has 0 bridgehead atoms. The summed E-state index contributed by atoms with van der Waals surface area (Å²) in [6.07, 6.45) is 8.33. The van der Waals surface area contributed by atoms with Gasteiger partial charge >= 0.3 is 0 Å². The fourth-order valence-corrected chi connectivity index (χ4v) is 6.06. The predicted octanol–water partition coefficient (Wildman–Crippen LogP) is 4.62. The monoisotopic (exact) mass is 530 g/mol. The van der Waals surface area contributed by atoms with Gasteiger partial charge in [0.2, 0.25) is 6.41 Å². The van der Waals surface area contributed by atoms with Gasteiger partial charge in [0.1, 0.15) is 5.01 Å². The molecule has 1 saturated carbocycles. The number of aryl methyl sites for hydroxylation is 3. The number of nitrogens with two attached hydrogens (primary N) is 1. The van der Waals surface area contributed by atoms with E-state index in [9.17, 15) is 9.59 Å². The number of amides is 1. The summed E-state index contributed by atoms with van der Waals surface area (Å²) in [5.41, 5.74) is 11.2. The maximum atomic E-state index is 11.7. The Labute approximate surface area is 226 Å². The molecule has 1 atom stereocenters. The average Bonchev–Trinajstić information content (AvgIpc) is 3.61. The number of fused-ring (bicyclic) bond motifs is 2. The summed E-state index contributed by atoms with van der Waals surface area (Å²) >= 11 is 1.67. The molecule has 1 aromatic carbocycles. The van der Waals surface area contributed by atoms with Crippen LogP contribution in [0.4, 0.5) is 0 Å². The summed E-state index contributed by atoms with van der Waals surface area (Å²) < 4.78 is 0. The number of H-pyrrole nitrogens is 1. The Morgan fingerprint density at radius 1 is 1.24 bits per heavy atom. The van der Waals surface area contributed by atoms with Crippen molar-refractivity contribution >= 4 is 28.5 Å². The highest BCUT2D eigenvalue weighted by molar-refractivity contribution is 7.11. The van der Waals surface area contributed by atoms with Gasteiger partial charge in [-0.2, -0.15) is 5.10 Å². The van der Waals surface area contributed by atoms with Crippen molar-refractivity contribution in [3.63, 3.8) is 0 Å². The summed E-state index contributed by atoms with van der Waals surface area (Å²) in [5, 5.41) is 9.05. The number of aromatic amines is 1. The van der Waals surface area contributed by atoms with Gasteiger partial charge in [0, 0.05) is 23.0 Å². The molecule has 0 spiro atoms. The molecule has 2 aliphatic rings.